The van der Waals surface area contributed by atoms with Crippen LogP contribution in [0.5, 0.6) is 11.5 Å². The molecular formula is C16H17N5O2S. The first-order valence-electron chi connectivity index (χ1n) is 7.56. The second-order valence-corrected chi connectivity index (χ2v) is 6.17. The van der Waals surface area contributed by atoms with Gasteiger partial charge in [0.15, 0.2) is 22.4 Å². The molecule has 24 heavy (non-hydrogen) atoms. The van der Waals surface area contributed by atoms with E-state index in [0.717, 1.165) is 33.7 Å². The predicted octanol–water partition coefficient (Wildman–Crippen LogP) is 1.99. The second kappa shape index (κ2) is 6.40. The Kier molecular flexibility index (Phi) is 3.96. The molecule has 1 aliphatic rings. The lowest BCUT2D eigenvalue weighted by Crippen LogP contribution is -2.36. The summed E-state index contributed by atoms with van der Waals surface area (Å²) in [6.45, 7) is 1.56. The molecule has 0 atom stereocenters. The number of aromatic nitrogens is 2. The van der Waals surface area contributed by atoms with Gasteiger partial charge in [0, 0.05) is 31.4 Å². The molecule has 2 N–H and O–H groups in total. The van der Waals surface area contributed by atoms with Gasteiger partial charge in [-0.1, -0.05) is 6.07 Å². The lowest BCUT2D eigenvalue weighted by Gasteiger charge is -2.11. The zero-order valence-corrected chi connectivity index (χ0v) is 14.0. The Bertz CT molecular complexity index is 857. The third-order valence-electron chi connectivity index (χ3n) is 3.70. The summed E-state index contributed by atoms with van der Waals surface area (Å²) in [5, 5.41) is 8.58. The number of nitrogens with zero attached hydrogens (tertiary/aromatic N) is 3. The van der Waals surface area contributed by atoms with Gasteiger partial charge in [-0.25, -0.2) is 4.98 Å². The van der Waals surface area contributed by atoms with E-state index in [1.54, 1.807) is 18.4 Å². The number of guanidine groups is 1. The third kappa shape index (κ3) is 3.00. The summed E-state index contributed by atoms with van der Waals surface area (Å²) in [5.41, 5.74) is 2.08. The van der Waals surface area contributed by atoms with Gasteiger partial charge in [-0.15, -0.1) is 11.3 Å². The molecule has 3 aromatic rings. The normalized spacial score (nSPS) is 13.5. The molecule has 7 nitrogen and oxygen atoms in total. The molecule has 2 aromatic heterocycles. The van der Waals surface area contributed by atoms with E-state index in [4.69, 9.17) is 9.47 Å². The van der Waals surface area contributed by atoms with Crippen LogP contribution >= 0.6 is 11.3 Å². The van der Waals surface area contributed by atoms with Crippen molar-refractivity contribution in [3.8, 4) is 11.5 Å². The van der Waals surface area contributed by atoms with E-state index in [2.05, 4.69) is 20.6 Å². The molecule has 0 amide bonds. The van der Waals surface area contributed by atoms with E-state index in [0.29, 0.717) is 13.1 Å². The average Bonchev–Trinajstić information content (AvgIpc) is 3.30. The highest BCUT2D eigenvalue weighted by Crippen LogP contribution is 2.32. The van der Waals surface area contributed by atoms with Crippen molar-refractivity contribution < 1.29 is 9.47 Å². The molecule has 0 radical (unpaired) electrons. The minimum Gasteiger partial charge on any atom is -0.454 e. The van der Waals surface area contributed by atoms with Crippen LogP contribution in [0.25, 0.3) is 4.96 Å². The van der Waals surface area contributed by atoms with Crippen LogP contribution in [0.4, 0.5) is 0 Å². The summed E-state index contributed by atoms with van der Waals surface area (Å²) in [7, 11) is 1.75. The maximum Gasteiger partial charge on any atom is 0.231 e. The Morgan fingerprint density at radius 1 is 1.29 bits per heavy atom. The fourth-order valence-electron chi connectivity index (χ4n) is 2.49. The Balaban J connectivity index is 1.33. The number of benzene rings is 1. The first kappa shape index (κ1) is 14.8. The molecule has 1 aliphatic heterocycles. The standard InChI is InChI=1S/C16H17N5O2S/c1-17-15(19-8-12-9-21-4-5-24-16(21)20-12)18-7-11-2-3-13-14(6-11)23-10-22-13/h2-6,9H,7-8,10H2,1H3,(H2,17,18,19). The second-order valence-electron chi connectivity index (χ2n) is 5.29. The van der Waals surface area contributed by atoms with E-state index >= 15 is 0 Å². The van der Waals surface area contributed by atoms with Crippen LogP contribution in [0, 0.1) is 0 Å². The Hall–Kier alpha value is -2.74. The highest BCUT2D eigenvalue weighted by molar-refractivity contribution is 7.15. The van der Waals surface area contributed by atoms with Crippen molar-refractivity contribution in [1.29, 1.82) is 0 Å². The van der Waals surface area contributed by atoms with E-state index < -0.39 is 0 Å². The maximum absolute atomic E-state index is 5.39. The number of ether oxygens (including phenoxy) is 2. The van der Waals surface area contributed by atoms with Crippen molar-refractivity contribution in [3.05, 3.63) is 47.2 Å². The van der Waals surface area contributed by atoms with Crippen LogP contribution in [0.3, 0.4) is 0 Å². The number of imidazole rings is 1. The minimum absolute atomic E-state index is 0.289. The largest absolute Gasteiger partial charge is 0.454 e. The van der Waals surface area contributed by atoms with Gasteiger partial charge in [0.25, 0.3) is 0 Å². The number of hydrogen-bond donors (Lipinski definition) is 2. The average molecular weight is 343 g/mol. The third-order valence-corrected chi connectivity index (χ3v) is 4.47. The predicted molar refractivity (Wildman–Crippen MR) is 92.7 cm³/mol. The van der Waals surface area contributed by atoms with E-state index in [9.17, 15) is 0 Å². The van der Waals surface area contributed by atoms with Gasteiger partial charge in [-0.3, -0.25) is 9.39 Å². The number of nitrogens with one attached hydrogen (secondary N) is 2. The fraction of sp³-hybridized carbons (Fsp3) is 0.250. The molecule has 0 fully saturated rings. The number of aliphatic imine (C=N–C) groups is 1. The van der Waals surface area contributed by atoms with Crippen molar-refractivity contribution in [2.24, 2.45) is 4.99 Å². The van der Waals surface area contributed by atoms with Crippen molar-refractivity contribution in [2.45, 2.75) is 13.1 Å². The summed E-state index contributed by atoms with van der Waals surface area (Å²) >= 11 is 1.62. The van der Waals surface area contributed by atoms with Gasteiger partial charge >= 0.3 is 0 Å². The summed E-state index contributed by atoms with van der Waals surface area (Å²) in [5.74, 6) is 2.31. The molecule has 0 bridgehead atoms. The summed E-state index contributed by atoms with van der Waals surface area (Å²) < 4.78 is 12.7. The SMILES string of the molecule is CN=C(NCc1ccc2c(c1)OCO2)NCc1cn2ccsc2n1. The van der Waals surface area contributed by atoms with E-state index in [1.807, 2.05) is 40.4 Å². The van der Waals surface area contributed by atoms with Crippen molar-refractivity contribution in [3.63, 3.8) is 0 Å². The van der Waals surface area contributed by atoms with Gasteiger partial charge in [0.1, 0.15) is 0 Å². The monoisotopic (exact) mass is 343 g/mol. The summed E-state index contributed by atoms with van der Waals surface area (Å²) in [6, 6.07) is 5.91. The molecule has 0 saturated heterocycles. The molecule has 124 valence electrons. The number of rotatable bonds is 4. The van der Waals surface area contributed by atoms with Crippen LogP contribution in [0.1, 0.15) is 11.3 Å². The molecule has 0 saturated carbocycles. The Morgan fingerprint density at radius 2 is 2.17 bits per heavy atom. The zero-order chi connectivity index (χ0) is 16.4. The minimum atomic E-state index is 0.289. The molecule has 1 aromatic carbocycles. The molecule has 3 heterocycles. The first-order valence-corrected chi connectivity index (χ1v) is 8.44. The lowest BCUT2D eigenvalue weighted by molar-refractivity contribution is 0.174. The molecule has 8 heteroatoms. The Labute approximate surface area is 143 Å². The topological polar surface area (TPSA) is 72.2 Å². The van der Waals surface area contributed by atoms with Gasteiger partial charge in [-0.05, 0) is 17.7 Å². The maximum atomic E-state index is 5.39. The Morgan fingerprint density at radius 3 is 3.04 bits per heavy atom. The van der Waals surface area contributed by atoms with Crippen LogP contribution < -0.4 is 20.1 Å². The zero-order valence-electron chi connectivity index (χ0n) is 13.2. The van der Waals surface area contributed by atoms with Gasteiger partial charge < -0.3 is 20.1 Å². The number of fused-ring (bicyclic) bond motifs is 2. The first-order chi connectivity index (χ1) is 11.8. The van der Waals surface area contributed by atoms with Crippen molar-refractivity contribution in [1.82, 2.24) is 20.0 Å². The smallest absolute Gasteiger partial charge is 0.231 e. The summed E-state index contributed by atoms with van der Waals surface area (Å²) in [4.78, 5) is 9.78. The molecular weight excluding hydrogens is 326 g/mol. The van der Waals surface area contributed by atoms with E-state index in [1.165, 1.54) is 0 Å². The highest BCUT2D eigenvalue weighted by Gasteiger charge is 2.13. The molecule has 0 aliphatic carbocycles. The molecule has 0 spiro atoms. The highest BCUT2D eigenvalue weighted by atomic mass is 32.1. The fourth-order valence-corrected chi connectivity index (χ4v) is 3.21. The van der Waals surface area contributed by atoms with Gasteiger partial charge in [0.05, 0.1) is 12.2 Å². The van der Waals surface area contributed by atoms with Crippen molar-refractivity contribution in [2.75, 3.05) is 13.8 Å². The van der Waals surface area contributed by atoms with Crippen LogP contribution in [0.2, 0.25) is 0 Å². The van der Waals surface area contributed by atoms with E-state index in [-0.39, 0.29) is 6.79 Å². The lowest BCUT2D eigenvalue weighted by atomic mass is 10.2. The van der Waals surface area contributed by atoms with Crippen LogP contribution in [-0.2, 0) is 13.1 Å². The number of hydrogen-bond acceptors (Lipinski definition) is 5. The van der Waals surface area contributed by atoms with Crippen LogP contribution in [-0.4, -0.2) is 29.2 Å². The molecule has 4 rings (SSSR count). The molecule has 0 unspecified atom stereocenters. The van der Waals surface area contributed by atoms with Crippen LogP contribution in [0.15, 0.2) is 41.0 Å². The van der Waals surface area contributed by atoms with Gasteiger partial charge in [-0.2, -0.15) is 0 Å². The number of thiazole rings is 1. The van der Waals surface area contributed by atoms with Crippen molar-refractivity contribution >= 4 is 22.3 Å². The quantitative estimate of drug-likeness (QED) is 0.560. The summed E-state index contributed by atoms with van der Waals surface area (Å²) in [6.07, 6.45) is 4.02. The van der Waals surface area contributed by atoms with Gasteiger partial charge in [0.2, 0.25) is 6.79 Å².